The summed E-state index contributed by atoms with van der Waals surface area (Å²) in [5.74, 6) is 1.12. The van der Waals surface area contributed by atoms with Crippen LogP contribution < -0.4 is 14.8 Å². The molecule has 3 amide bonds. The van der Waals surface area contributed by atoms with Crippen molar-refractivity contribution in [3.63, 3.8) is 0 Å². The minimum atomic E-state index is -0.290. The van der Waals surface area contributed by atoms with Gasteiger partial charge in [-0.15, -0.1) is 11.3 Å². The molecule has 152 valence electrons. The van der Waals surface area contributed by atoms with E-state index in [1.165, 1.54) is 9.91 Å². The van der Waals surface area contributed by atoms with E-state index in [4.69, 9.17) is 9.47 Å². The second-order valence-corrected chi connectivity index (χ2v) is 7.73. The van der Waals surface area contributed by atoms with Crippen molar-refractivity contribution >= 4 is 29.0 Å². The van der Waals surface area contributed by atoms with Crippen molar-refractivity contribution in [2.45, 2.75) is 19.4 Å². The van der Waals surface area contributed by atoms with Crippen molar-refractivity contribution in [1.29, 1.82) is 0 Å². The quantitative estimate of drug-likeness (QED) is 0.816. The fraction of sp³-hybridized carbons (Fsp3) is 0.350. The minimum absolute atomic E-state index is 0.0614. The van der Waals surface area contributed by atoms with Crippen LogP contribution in [-0.4, -0.2) is 54.5 Å². The minimum Gasteiger partial charge on any atom is -0.454 e. The second-order valence-electron chi connectivity index (χ2n) is 6.79. The second kappa shape index (κ2) is 8.12. The zero-order chi connectivity index (χ0) is 20.4. The topological polar surface area (TPSA) is 83.5 Å². The Morgan fingerprint density at radius 3 is 2.90 bits per heavy atom. The zero-order valence-electron chi connectivity index (χ0n) is 16.3. The van der Waals surface area contributed by atoms with E-state index in [0.717, 1.165) is 16.2 Å². The Hall–Kier alpha value is -3.07. The van der Waals surface area contributed by atoms with Gasteiger partial charge >= 0.3 is 6.03 Å². The van der Waals surface area contributed by atoms with Crippen molar-refractivity contribution in [1.82, 2.24) is 15.2 Å². The zero-order valence-corrected chi connectivity index (χ0v) is 17.1. The van der Waals surface area contributed by atoms with Gasteiger partial charge in [-0.05, 0) is 36.1 Å². The molecule has 0 saturated carbocycles. The smallest absolute Gasteiger partial charge is 0.317 e. The van der Waals surface area contributed by atoms with Gasteiger partial charge in [-0.2, -0.15) is 5.10 Å². The van der Waals surface area contributed by atoms with Crippen LogP contribution in [0.4, 0.5) is 4.79 Å². The van der Waals surface area contributed by atoms with Gasteiger partial charge in [0.25, 0.3) is 5.91 Å². The molecule has 8 nitrogen and oxygen atoms in total. The summed E-state index contributed by atoms with van der Waals surface area (Å²) in [6.07, 6.45) is 0.594. The van der Waals surface area contributed by atoms with Gasteiger partial charge in [0.05, 0.1) is 16.6 Å². The molecular weight excluding hydrogens is 392 g/mol. The van der Waals surface area contributed by atoms with Gasteiger partial charge in [0, 0.05) is 20.0 Å². The number of hydrogen-bond acceptors (Lipinski definition) is 6. The van der Waals surface area contributed by atoms with Gasteiger partial charge in [0.1, 0.15) is 6.54 Å². The van der Waals surface area contributed by atoms with Gasteiger partial charge < -0.3 is 19.7 Å². The van der Waals surface area contributed by atoms with Crippen molar-refractivity contribution in [3.8, 4) is 11.5 Å². The Bertz CT molecular complexity index is 944. The number of nitrogens with one attached hydrogen (secondary N) is 1. The molecule has 0 radical (unpaired) electrons. The predicted molar refractivity (Wildman–Crippen MR) is 109 cm³/mol. The number of nitrogens with zero attached hydrogens (tertiary/aromatic N) is 3. The van der Waals surface area contributed by atoms with Crippen molar-refractivity contribution in [2.24, 2.45) is 5.10 Å². The first-order chi connectivity index (χ1) is 14.1. The Balaban J connectivity index is 1.59. The van der Waals surface area contributed by atoms with Gasteiger partial charge in [0.15, 0.2) is 11.5 Å². The number of benzene rings is 1. The van der Waals surface area contributed by atoms with Crippen LogP contribution in [0.25, 0.3) is 0 Å². The average Bonchev–Trinajstić information content (AvgIpc) is 3.46. The highest BCUT2D eigenvalue weighted by atomic mass is 32.1. The summed E-state index contributed by atoms with van der Waals surface area (Å²) in [6.45, 7) is 2.47. The maximum Gasteiger partial charge on any atom is 0.317 e. The molecular formula is C20H22N4O4S. The standard InChI is InChI=1S/C20H22N4O4S/c1-3-21-20(26)23(2)11-19(25)24-15(10-14(22-24)18-5-4-8-29-18)13-6-7-16-17(9-13)28-12-27-16/h4-9,15H,3,10-12H2,1-2H3,(H,21,26)/t15-/m1/s1. The van der Waals surface area contributed by atoms with E-state index in [9.17, 15) is 9.59 Å². The van der Waals surface area contributed by atoms with Crippen LogP contribution in [0.5, 0.6) is 11.5 Å². The van der Waals surface area contributed by atoms with Crippen LogP contribution in [-0.2, 0) is 4.79 Å². The molecule has 1 atom stereocenters. The molecule has 0 aliphatic carbocycles. The van der Waals surface area contributed by atoms with Crippen LogP contribution in [0.1, 0.15) is 29.8 Å². The number of carbonyl (C=O) groups is 2. The Morgan fingerprint density at radius 1 is 1.31 bits per heavy atom. The first-order valence-corrected chi connectivity index (χ1v) is 10.3. The maximum absolute atomic E-state index is 13.0. The van der Waals surface area contributed by atoms with E-state index in [1.54, 1.807) is 18.4 Å². The highest BCUT2D eigenvalue weighted by molar-refractivity contribution is 7.12. The van der Waals surface area contributed by atoms with Crippen LogP contribution in [0.2, 0.25) is 0 Å². The number of rotatable bonds is 5. The third kappa shape index (κ3) is 3.91. The Kier molecular flexibility index (Phi) is 5.39. The number of fused-ring (bicyclic) bond motifs is 1. The Labute approximate surface area is 172 Å². The molecule has 0 fully saturated rings. The summed E-state index contributed by atoms with van der Waals surface area (Å²) in [4.78, 5) is 27.4. The molecule has 0 unspecified atom stereocenters. The number of carbonyl (C=O) groups excluding carboxylic acids is 2. The molecule has 0 saturated heterocycles. The fourth-order valence-corrected chi connectivity index (χ4v) is 4.07. The van der Waals surface area contributed by atoms with E-state index < -0.39 is 0 Å². The molecule has 1 N–H and O–H groups in total. The lowest BCUT2D eigenvalue weighted by Gasteiger charge is -2.25. The first kappa shape index (κ1) is 19.3. The molecule has 3 heterocycles. The highest BCUT2D eigenvalue weighted by Crippen LogP contribution is 2.39. The van der Waals surface area contributed by atoms with Crippen LogP contribution in [0.3, 0.4) is 0 Å². The molecule has 29 heavy (non-hydrogen) atoms. The normalized spacial score (nSPS) is 17.2. The van der Waals surface area contributed by atoms with Crippen LogP contribution in [0.15, 0.2) is 40.8 Å². The van der Waals surface area contributed by atoms with Crippen molar-refractivity contribution < 1.29 is 19.1 Å². The SMILES string of the molecule is CCNC(=O)N(C)CC(=O)N1N=C(c2cccs2)C[C@@H]1c1ccc2c(c1)OCO2. The maximum atomic E-state index is 13.0. The molecule has 2 aliphatic rings. The van der Waals surface area contributed by atoms with Crippen LogP contribution >= 0.6 is 11.3 Å². The number of likely N-dealkylation sites (N-methyl/N-ethyl adjacent to an activating group) is 1. The largest absolute Gasteiger partial charge is 0.454 e. The predicted octanol–water partition coefficient (Wildman–Crippen LogP) is 2.82. The van der Waals surface area contributed by atoms with Crippen molar-refractivity contribution in [3.05, 3.63) is 46.2 Å². The third-order valence-corrected chi connectivity index (χ3v) is 5.72. The summed E-state index contributed by atoms with van der Waals surface area (Å²) in [5, 5.41) is 10.8. The van der Waals surface area contributed by atoms with E-state index in [1.807, 2.05) is 42.6 Å². The number of hydrogen-bond donors (Lipinski definition) is 1. The number of hydrazone groups is 1. The number of amides is 3. The molecule has 1 aromatic carbocycles. The lowest BCUT2D eigenvalue weighted by Crippen LogP contribution is -2.43. The number of ether oxygens (including phenoxy) is 2. The van der Waals surface area contributed by atoms with Gasteiger partial charge in [-0.3, -0.25) is 4.79 Å². The van der Waals surface area contributed by atoms with Gasteiger partial charge in [-0.1, -0.05) is 12.1 Å². The number of thiophene rings is 1. The summed E-state index contributed by atoms with van der Waals surface area (Å²) >= 11 is 1.59. The third-order valence-electron chi connectivity index (χ3n) is 4.80. The monoisotopic (exact) mass is 414 g/mol. The lowest BCUT2D eigenvalue weighted by molar-refractivity contribution is -0.133. The van der Waals surface area contributed by atoms with Gasteiger partial charge in [0.2, 0.25) is 6.79 Å². The van der Waals surface area contributed by atoms with Gasteiger partial charge in [-0.25, -0.2) is 9.80 Å². The molecule has 4 rings (SSSR count). The highest BCUT2D eigenvalue weighted by Gasteiger charge is 2.35. The molecule has 9 heteroatoms. The summed E-state index contributed by atoms with van der Waals surface area (Å²) in [6, 6.07) is 9.08. The fourth-order valence-electron chi connectivity index (χ4n) is 3.35. The summed E-state index contributed by atoms with van der Waals surface area (Å²) < 4.78 is 10.9. The average molecular weight is 414 g/mol. The number of urea groups is 1. The molecule has 2 aromatic rings. The molecule has 0 bridgehead atoms. The summed E-state index contributed by atoms with van der Waals surface area (Å²) in [5.41, 5.74) is 1.77. The van der Waals surface area contributed by atoms with Crippen molar-refractivity contribution in [2.75, 3.05) is 26.9 Å². The van der Waals surface area contributed by atoms with E-state index in [0.29, 0.717) is 24.5 Å². The van der Waals surface area contributed by atoms with Crippen LogP contribution in [0, 0.1) is 0 Å². The Morgan fingerprint density at radius 2 is 2.14 bits per heavy atom. The lowest BCUT2D eigenvalue weighted by atomic mass is 10.0. The molecule has 0 spiro atoms. The molecule has 1 aromatic heterocycles. The summed E-state index contributed by atoms with van der Waals surface area (Å²) in [7, 11) is 1.60. The van der Waals surface area contributed by atoms with E-state index in [2.05, 4.69) is 10.4 Å². The van der Waals surface area contributed by atoms with E-state index in [-0.39, 0.29) is 31.3 Å². The first-order valence-electron chi connectivity index (χ1n) is 9.38. The molecule has 2 aliphatic heterocycles. The van der Waals surface area contributed by atoms with E-state index >= 15 is 0 Å².